The highest BCUT2D eigenvalue weighted by molar-refractivity contribution is 7.10. The smallest absolute Gasteiger partial charge is 0.404 e. The van der Waals surface area contributed by atoms with Gasteiger partial charge in [0.15, 0.2) is 0 Å². The molecule has 1 atom stereocenters. The Morgan fingerprint density at radius 2 is 2.08 bits per heavy atom. The highest BCUT2D eigenvalue weighted by Gasteiger charge is 2.26. The molecule has 0 radical (unpaired) electrons. The van der Waals surface area contributed by atoms with Gasteiger partial charge < -0.3 is 20.5 Å². The predicted octanol–water partition coefficient (Wildman–Crippen LogP) is 3.61. The molecular weight excluding hydrogens is 482 g/mol. The number of hydrogen-bond donors (Lipinski definition) is 2. The summed E-state index contributed by atoms with van der Waals surface area (Å²) in [5, 5.41) is 12.1. The van der Waals surface area contributed by atoms with Gasteiger partial charge in [-0.2, -0.15) is 0 Å². The Morgan fingerprint density at radius 3 is 2.78 bits per heavy atom. The normalized spacial score (nSPS) is 16.4. The Labute approximate surface area is 211 Å². The van der Waals surface area contributed by atoms with Crippen molar-refractivity contribution in [3.8, 4) is 0 Å². The largest absolute Gasteiger partial charge is 0.478 e. The van der Waals surface area contributed by atoms with Gasteiger partial charge in [-0.1, -0.05) is 19.9 Å². The van der Waals surface area contributed by atoms with Crippen molar-refractivity contribution >= 4 is 53.1 Å². The van der Waals surface area contributed by atoms with Crippen molar-refractivity contribution < 1.29 is 19.4 Å². The van der Waals surface area contributed by atoms with Crippen LogP contribution in [0.5, 0.6) is 0 Å². The van der Waals surface area contributed by atoms with Gasteiger partial charge in [-0.3, -0.25) is 9.20 Å². The van der Waals surface area contributed by atoms with E-state index in [1.165, 1.54) is 10.5 Å². The van der Waals surface area contributed by atoms with E-state index in [4.69, 9.17) is 20.6 Å². The average molecular weight is 510 g/mol. The van der Waals surface area contributed by atoms with Crippen molar-refractivity contribution in [1.82, 2.24) is 14.4 Å². The molecule has 0 aromatic carbocycles. The summed E-state index contributed by atoms with van der Waals surface area (Å²) < 4.78 is 6.55. The van der Waals surface area contributed by atoms with Gasteiger partial charge in [0.1, 0.15) is 22.6 Å². The van der Waals surface area contributed by atoms with E-state index in [1.54, 1.807) is 29.7 Å². The molecule has 3 aromatic heterocycles. The number of aromatic nitrogens is 3. The number of ether oxygens (including phenoxy) is 1. The molecule has 4 rings (SSSR count). The maximum absolute atomic E-state index is 13.3. The van der Waals surface area contributed by atoms with Crippen LogP contribution in [0.1, 0.15) is 54.4 Å². The van der Waals surface area contributed by atoms with Crippen LogP contribution in [0.15, 0.2) is 34.6 Å². The number of rotatable bonds is 7. The SMILES string of the molecule is CC(C)c1csc(/C=C/c2ccn3c(=O)c(/C=C/C(=O)O)c(N4CCC[C@H](OC(N)=O)C4)nc3c2)n1. The molecule has 1 fully saturated rings. The number of thiazole rings is 1. The molecular formula is C25H27N5O5S. The number of hydrogen-bond acceptors (Lipinski definition) is 8. The Hall–Kier alpha value is -3.99. The van der Waals surface area contributed by atoms with Crippen LogP contribution in [-0.4, -0.2) is 50.7 Å². The fourth-order valence-electron chi connectivity index (χ4n) is 4.00. The van der Waals surface area contributed by atoms with Gasteiger partial charge in [-0.05, 0) is 48.6 Å². The number of primary amides is 1. The predicted molar refractivity (Wildman–Crippen MR) is 139 cm³/mol. The maximum Gasteiger partial charge on any atom is 0.404 e. The minimum absolute atomic E-state index is 0.141. The molecule has 1 aliphatic heterocycles. The molecule has 0 unspecified atom stereocenters. The maximum atomic E-state index is 13.3. The van der Waals surface area contributed by atoms with E-state index in [0.29, 0.717) is 43.3 Å². The number of carbonyl (C=O) groups is 2. The number of pyridine rings is 1. The molecule has 1 amide bonds. The first-order chi connectivity index (χ1) is 17.2. The molecule has 0 spiro atoms. The molecule has 4 heterocycles. The Balaban J connectivity index is 1.73. The molecule has 0 aliphatic carbocycles. The van der Waals surface area contributed by atoms with Gasteiger partial charge in [0.25, 0.3) is 5.56 Å². The lowest BCUT2D eigenvalue weighted by Crippen LogP contribution is -2.43. The van der Waals surface area contributed by atoms with Crippen LogP contribution in [-0.2, 0) is 9.53 Å². The molecule has 1 saturated heterocycles. The van der Waals surface area contributed by atoms with Crippen LogP contribution >= 0.6 is 11.3 Å². The highest BCUT2D eigenvalue weighted by atomic mass is 32.1. The van der Waals surface area contributed by atoms with Crippen LogP contribution in [0.4, 0.5) is 10.6 Å². The number of carboxylic acid groups (broad SMARTS) is 1. The quantitative estimate of drug-likeness (QED) is 0.460. The van der Waals surface area contributed by atoms with Gasteiger partial charge in [-0.25, -0.2) is 19.6 Å². The van der Waals surface area contributed by atoms with E-state index in [2.05, 4.69) is 18.8 Å². The number of carbonyl (C=O) groups excluding carboxylic acids is 1. The van der Waals surface area contributed by atoms with Gasteiger partial charge >= 0.3 is 12.1 Å². The van der Waals surface area contributed by atoms with Crippen LogP contribution in [0.25, 0.3) is 23.9 Å². The van der Waals surface area contributed by atoms with Gasteiger partial charge in [0, 0.05) is 24.2 Å². The summed E-state index contributed by atoms with van der Waals surface area (Å²) in [6.45, 7) is 5.05. The van der Waals surface area contributed by atoms with Gasteiger partial charge in [-0.15, -0.1) is 11.3 Å². The number of anilines is 1. The van der Waals surface area contributed by atoms with E-state index in [-0.39, 0.29) is 5.56 Å². The summed E-state index contributed by atoms with van der Waals surface area (Å²) in [4.78, 5) is 46.9. The minimum Gasteiger partial charge on any atom is -0.478 e. The van der Waals surface area contributed by atoms with Crippen molar-refractivity contribution in [3.05, 3.63) is 62.0 Å². The van der Waals surface area contributed by atoms with Crippen molar-refractivity contribution in [1.29, 1.82) is 0 Å². The molecule has 11 heteroatoms. The van der Waals surface area contributed by atoms with Crippen molar-refractivity contribution in [2.24, 2.45) is 5.73 Å². The van der Waals surface area contributed by atoms with Gasteiger partial charge in [0.05, 0.1) is 17.8 Å². The lowest BCUT2D eigenvalue weighted by molar-refractivity contribution is -0.131. The van der Waals surface area contributed by atoms with E-state index in [0.717, 1.165) is 22.3 Å². The molecule has 188 valence electrons. The zero-order valence-corrected chi connectivity index (χ0v) is 20.8. The number of nitrogens with two attached hydrogens (primary N) is 1. The third kappa shape index (κ3) is 5.80. The standard InChI is InChI=1S/C25H27N5O5S/c1-15(2)19-14-36-21(27-19)7-5-16-9-11-30-20(12-16)28-23(18(24(30)33)6-8-22(31)32)29-10-3-4-17(13-29)35-25(26)34/h5-9,11-12,14-15,17H,3-4,10,13H2,1-2H3,(H2,26,34)(H,31,32)/b7-5+,8-6+/t17-/m0/s1. The number of nitrogens with zero attached hydrogens (tertiary/aromatic N) is 4. The molecule has 3 N–H and O–H groups in total. The second-order valence-corrected chi connectivity index (χ2v) is 9.65. The Morgan fingerprint density at radius 1 is 1.28 bits per heavy atom. The summed E-state index contributed by atoms with van der Waals surface area (Å²) >= 11 is 1.56. The lowest BCUT2D eigenvalue weighted by Gasteiger charge is -2.33. The Kier molecular flexibility index (Phi) is 7.49. The van der Waals surface area contributed by atoms with Crippen LogP contribution < -0.4 is 16.2 Å². The number of piperidine rings is 1. The van der Waals surface area contributed by atoms with E-state index in [9.17, 15) is 14.4 Å². The van der Waals surface area contributed by atoms with Crippen molar-refractivity contribution in [2.75, 3.05) is 18.0 Å². The van der Waals surface area contributed by atoms with Crippen molar-refractivity contribution in [3.63, 3.8) is 0 Å². The molecule has 36 heavy (non-hydrogen) atoms. The molecule has 0 bridgehead atoms. The first-order valence-electron chi connectivity index (χ1n) is 11.5. The van der Waals surface area contributed by atoms with Crippen LogP contribution in [0.2, 0.25) is 0 Å². The highest BCUT2D eigenvalue weighted by Crippen LogP contribution is 2.24. The fraction of sp³-hybridized carbons (Fsp3) is 0.320. The lowest BCUT2D eigenvalue weighted by atomic mass is 10.1. The summed E-state index contributed by atoms with van der Waals surface area (Å²) in [5.74, 6) is -0.495. The second-order valence-electron chi connectivity index (χ2n) is 8.76. The summed E-state index contributed by atoms with van der Waals surface area (Å²) in [6, 6.07) is 3.57. The molecule has 1 aliphatic rings. The molecule has 10 nitrogen and oxygen atoms in total. The van der Waals surface area contributed by atoms with Crippen LogP contribution in [0.3, 0.4) is 0 Å². The van der Waals surface area contributed by atoms with E-state index in [1.807, 2.05) is 22.4 Å². The number of fused-ring (bicyclic) bond motifs is 1. The zero-order chi connectivity index (χ0) is 25.8. The van der Waals surface area contributed by atoms with E-state index < -0.39 is 23.7 Å². The first kappa shape index (κ1) is 25.1. The average Bonchev–Trinajstić information content (AvgIpc) is 3.31. The third-order valence-corrected chi connectivity index (χ3v) is 6.60. The number of amides is 1. The van der Waals surface area contributed by atoms with Crippen LogP contribution in [0, 0.1) is 0 Å². The summed E-state index contributed by atoms with van der Waals surface area (Å²) in [6.07, 6.45) is 7.61. The third-order valence-electron chi connectivity index (χ3n) is 5.77. The minimum atomic E-state index is -1.18. The monoisotopic (exact) mass is 509 g/mol. The second kappa shape index (κ2) is 10.7. The van der Waals surface area contributed by atoms with Crippen molar-refractivity contribution in [2.45, 2.75) is 38.7 Å². The molecule has 0 saturated carbocycles. The van der Waals surface area contributed by atoms with E-state index >= 15 is 0 Å². The number of aliphatic carboxylic acids is 1. The topological polar surface area (TPSA) is 140 Å². The first-order valence-corrected chi connectivity index (χ1v) is 12.4. The summed E-state index contributed by atoms with van der Waals surface area (Å²) in [5.41, 5.74) is 7.20. The summed E-state index contributed by atoms with van der Waals surface area (Å²) in [7, 11) is 0. The molecule has 3 aromatic rings. The fourth-order valence-corrected chi connectivity index (χ4v) is 4.87. The van der Waals surface area contributed by atoms with Gasteiger partial charge in [0.2, 0.25) is 0 Å². The zero-order valence-electron chi connectivity index (χ0n) is 20.0. The number of carboxylic acids is 1. The Bertz CT molecular complexity index is 1410.